The van der Waals surface area contributed by atoms with Crippen LogP contribution in [0, 0.1) is 5.92 Å². The Balaban J connectivity index is 1.46. The van der Waals surface area contributed by atoms with E-state index in [-0.39, 0.29) is 0 Å². The second kappa shape index (κ2) is 5.57. The fourth-order valence-corrected chi connectivity index (χ4v) is 3.64. The van der Waals surface area contributed by atoms with Crippen LogP contribution in [0.4, 0.5) is 0 Å². The van der Waals surface area contributed by atoms with Gasteiger partial charge >= 0.3 is 0 Å². The minimum atomic E-state index is 0.394. The van der Waals surface area contributed by atoms with Gasteiger partial charge in [-0.25, -0.2) is 0 Å². The number of rotatable bonds is 3. The Morgan fingerprint density at radius 3 is 2.72 bits per heavy atom. The van der Waals surface area contributed by atoms with Crippen molar-refractivity contribution in [3.05, 3.63) is 0 Å². The van der Waals surface area contributed by atoms with Gasteiger partial charge in [-0.1, -0.05) is 0 Å². The summed E-state index contributed by atoms with van der Waals surface area (Å²) in [7, 11) is 0. The number of carbonyl (C=O) groups is 1. The number of hydrogen-bond acceptors (Lipinski definition) is 3. The summed E-state index contributed by atoms with van der Waals surface area (Å²) < 4.78 is 0. The Labute approximate surface area is 110 Å². The van der Waals surface area contributed by atoms with Crippen LogP contribution in [0.15, 0.2) is 0 Å². The Morgan fingerprint density at radius 1 is 1.17 bits per heavy atom. The van der Waals surface area contributed by atoms with E-state index in [1.807, 2.05) is 0 Å². The molecule has 0 radical (unpaired) electrons. The first-order chi connectivity index (χ1) is 8.83. The Hall–Kier alpha value is -0.610. The lowest BCUT2D eigenvalue weighted by molar-refractivity contribution is -0.131. The van der Waals surface area contributed by atoms with Crippen LogP contribution in [0.3, 0.4) is 0 Å². The van der Waals surface area contributed by atoms with E-state index in [0.717, 1.165) is 32.6 Å². The molecule has 0 aromatic rings. The maximum Gasteiger partial charge on any atom is 0.222 e. The Kier molecular flexibility index (Phi) is 3.85. The first-order valence-electron chi connectivity index (χ1n) is 7.55. The zero-order chi connectivity index (χ0) is 12.4. The van der Waals surface area contributed by atoms with Gasteiger partial charge in [0.05, 0.1) is 0 Å². The number of amides is 1. The lowest BCUT2D eigenvalue weighted by Crippen LogP contribution is -2.37. The number of hydrogen-bond donors (Lipinski definition) is 1. The van der Waals surface area contributed by atoms with Crippen LogP contribution in [0.5, 0.6) is 0 Å². The number of carbonyl (C=O) groups excluding carboxylic acids is 1. The van der Waals surface area contributed by atoms with Crippen LogP contribution in [0.2, 0.25) is 0 Å². The minimum Gasteiger partial charge on any atom is -0.341 e. The minimum absolute atomic E-state index is 0.394. The Bertz CT molecular complexity index is 295. The molecule has 0 saturated carbocycles. The Morgan fingerprint density at radius 2 is 2.00 bits per heavy atom. The molecular weight excluding hydrogens is 226 g/mol. The van der Waals surface area contributed by atoms with Crippen LogP contribution in [-0.4, -0.2) is 61.0 Å². The van der Waals surface area contributed by atoms with Gasteiger partial charge in [0.25, 0.3) is 0 Å². The topological polar surface area (TPSA) is 35.6 Å². The normalized spacial score (nSPS) is 33.4. The number of likely N-dealkylation sites (tertiary alicyclic amines) is 2. The summed E-state index contributed by atoms with van der Waals surface area (Å²) in [5.74, 6) is 0.980. The molecule has 3 fully saturated rings. The zero-order valence-electron chi connectivity index (χ0n) is 11.2. The largest absolute Gasteiger partial charge is 0.341 e. The van der Waals surface area contributed by atoms with Gasteiger partial charge in [-0.2, -0.15) is 0 Å². The van der Waals surface area contributed by atoms with Crippen molar-refractivity contribution in [2.75, 3.05) is 39.3 Å². The molecule has 1 N–H and O–H groups in total. The van der Waals surface area contributed by atoms with Gasteiger partial charge in [0.1, 0.15) is 0 Å². The highest BCUT2D eigenvalue weighted by Crippen LogP contribution is 2.22. The third-order valence-electron chi connectivity index (χ3n) is 4.80. The van der Waals surface area contributed by atoms with Crippen molar-refractivity contribution < 1.29 is 4.79 Å². The summed E-state index contributed by atoms with van der Waals surface area (Å²) in [4.78, 5) is 16.9. The molecule has 3 aliphatic rings. The molecule has 1 amide bonds. The van der Waals surface area contributed by atoms with Gasteiger partial charge in [-0.05, 0) is 57.8 Å². The molecule has 4 heteroatoms. The molecule has 0 bridgehead atoms. The molecule has 18 heavy (non-hydrogen) atoms. The fourth-order valence-electron chi connectivity index (χ4n) is 3.64. The molecule has 0 aromatic carbocycles. The summed E-state index contributed by atoms with van der Waals surface area (Å²) in [6.45, 7) is 6.60. The van der Waals surface area contributed by atoms with Crippen LogP contribution in [0.1, 0.15) is 32.1 Å². The zero-order valence-corrected chi connectivity index (χ0v) is 11.2. The standard InChI is InChI=1S/C14H25N3O/c18-14(9-12-3-5-15-10-12)17-8-4-13(11-17)16-6-1-2-7-16/h12-13,15H,1-11H2. The SMILES string of the molecule is O=C(CC1CCNC1)N1CCC(N2CCCC2)C1. The van der Waals surface area contributed by atoms with E-state index in [0.29, 0.717) is 17.9 Å². The summed E-state index contributed by atoms with van der Waals surface area (Å²) >= 11 is 0. The van der Waals surface area contributed by atoms with Crippen molar-refractivity contribution in [3.63, 3.8) is 0 Å². The van der Waals surface area contributed by atoms with E-state index in [4.69, 9.17) is 0 Å². The fraction of sp³-hybridized carbons (Fsp3) is 0.929. The van der Waals surface area contributed by atoms with Gasteiger partial charge in [0.2, 0.25) is 5.91 Å². The highest BCUT2D eigenvalue weighted by atomic mass is 16.2. The molecule has 3 heterocycles. The second-order valence-corrected chi connectivity index (χ2v) is 6.09. The number of nitrogens with zero attached hydrogens (tertiary/aromatic N) is 2. The molecule has 102 valence electrons. The molecule has 3 saturated heterocycles. The highest BCUT2D eigenvalue weighted by Gasteiger charge is 2.32. The predicted octanol–water partition coefficient (Wildman–Crippen LogP) is 0.683. The van der Waals surface area contributed by atoms with Gasteiger partial charge in [0, 0.05) is 25.6 Å². The number of nitrogens with one attached hydrogen (secondary N) is 1. The van der Waals surface area contributed by atoms with Gasteiger partial charge in [-0.15, -0.1) is 0 Å². The van der Waals surface area contributed by atoms with E-state index in [9.17, 15) is 4.79 Å². The molecule has 2 atom stereocenters. The maximum absolute atomic E-state index is 12.2. The highest BCUT2D eigenvalue weighted by molar-refractivity contribution is 5.76. The van der Waals surface area contributed by atoms with Crippen molar-refractivity contribution in [3.8, 4) is 0 Å². The molecule has 2 unspecified atom stereocenters. The summed E-state index contributed by atoms with van der Waals surface area (Å²) in [5, 5.41) is 3.34. The molecule has 0 spiro atoms. The van der Waals surface area contributed by atoms with Crippen LogP contribution >= 0.6 is 0 Å². The summed E-state index contributed by atoms with van der Waals surface area (Å²) in [5.41, 5.74) is 0. The predicted molar refractivity (Wildman–Crippen MR) is 71.4 cm³/mol. The second-order valence-electron chi connectivity index (χ2n) is 6.09. The first kappa shape index (κ1) is 12.4. The molecule has 3 rings (SSSR count). The van der Waals surface area contributed by atoms with E-state index < -0.39 is 0 Å². The van der Waals surface area contributed by atoms with E-state index in [1.165, 1.54) is 38.8 Å². The van der Waals surface area contributed by atoms with Crippen molar-refractivity contribution in [2.45, 2.75) is 38.1 Å². The first-order valence-corrected chi connectivity index (χ1v) is 7.55. The van der Waals surface area contributed by atoms with E-state index in [2.05, 4.69) is 15.1 Å². The molecule has 4 nitrogen and oxygen atoms in total. The lowest BCUT2D eigenvalue weighted by atomic mass is 10.0. The average Bonchev–Trinajstić information content (AvgIpc) is 3.11. The van der Waals surface area contributed by atoms with Crippen molar-refractivity contribution >= 4 is 5.91 Å². The maximum atomic E-state index is 12.2. The molecule has 3 aliphatic heterocycles. The van der Waals surface area contributed by atoms with Crippen molar-refractivity contribution in [2.24, 2.45) is 5.92 Å². The van der Waals surface area contributed by atoms with Crippen LogP contribution in [-0.2, 0) is 4.79 Å². The van der Waals surface area contributed by atoms with Crippen LogP contribution < -0.4 is 5.32 Å². The van der Waals surface area contributed by atoms with Crippen molar-refractivity contribution in [1.82, 2.24) is 15.1 Å². The van der Waals surface area contributed by atoms with Crippen LogP contribution in [0.25, 0.3) is 0 Å². The summed E-state index contributed by atoms with van der Waals surface area (Å²) in [6.07, 6.45) is 5.82. The quantitative estimate of drug-likeness (QED) is 0.801. The van der Waals surface area contributed by atoms with Crippen molar-refractivity contribution in [1.29, 1.82) is 0 Å². The van der Waals surface area contributed by atoms with Gasteiger partial charge in [0.15, 0.2) is 0 Å². The van der Waals surface area contributed by atoms with Gasteiger partial charge < -0.3 is 10.2 Å². The smallest absolute Gasteiger partial charge is 0.222 e. The average molecular weight is 251 g/mol. The van der Waals surface area contributed by atoms with E-state index >= 15 is 0 Å². The third-order valence-corrected chi connectivity index (χ3v) is 4.80. The summed E-state index contributed by atoms with van der Waals surface area (Å²) in [6, 6.07) is 0.651. The molecular formula is C14H25N3O. The monoisotopic (exact) mass is 251 g/mol. The molecule has 0 aliphatic carbocycles. The lowest BCUT2D eigenvalue weighted by Gasteiger charge is -2.24. The van der Waals surface area contributed by atoms with Gasteiger partial charge in [-0.3, -0.25) is 9.69 Å². The van der Waals surface area contributed by atoms with E-state index in [1.54, 1.807) is 0 Å². The molecule has 0 aromatic heterocycles. The third kappa shape index (κ3) is 2.69.